The number of carbonyl (C=O) groups is 1. The molecule has 3 heterocycles. The Labute approximate surface area is 157 Å². The quantitative estimate of drug-likeness (QED) is 0.820. The molecule has 1 aromatic heterocycles. The number of nitrogens with zero attached hydrogens (tertiary/aromatic N) is 2. The largest absolute Gasteiger partial charge is 0.473 e. The van der Waals surface area contributed by atoms with E-state index in [4.69, 9.17) is 21.1 Å². The lowest BCUT2D eigenvalue weighted by Crippen LogP contribution is -2.35. The van der Waals surface area contributed by atoms with E-state index in [0.717, 1.165) is 31.4 Å². The molecule has 0 saturated carbocycles. The van der Waals surface area contributed by atoms with Crippen molar-refractivity contribution < 1.29 is 14.3 Å². The van der Waals surface area contributed by atoms with E-state index in [0.29, 0.717) is 36.2 Å². The second-order valence-corrected chi connectivity index (χ2v) is 7.04. The third-order valence-electron chi connectivity index (χ3n) is 4.86. The van der Waals surface area contributed by atoms with Crippen LogP contribution in [0.25, 0.3) is 0 Å². The number of fused-ring (bicyclic) bond motifs is 1. The number of benzene rings is 1. The monoisotopic (exact) mass is 372 g/mol. The van der Waals surface area contributed by atoms with E-state index < -0.39 is 0 Å². The summed E-state index contributed by atoms with van der Waals surface area (Å²) in [6.07, 6.45) is 5.21. The van der Waals surface area contributed by atoms with Gasteiger partial charge in [0.25, 0.3) is 5.91 Å². The third kappa shape index (κ3) is 3.55. The molecule has 26 heavy (non-hydrogen) atoms. The maximum Gasteiger partial charge on any atom is 0.259 e. The molecular weight excluding hydrogens is 352 g/mol. The van der Waals surface area contributed by atoms with Crippen LogP contribution in [-0.4, -0.2) is 36.8 Å². The topological polar surface area (TPSA) is 51.7 Å². The van der Waals surface area contributed by atoms with E-state index in [9.17, 15) is 4.79 Å². The Hall–Kier alpha value is -2.11. The van der Waals surface area contributed by atoms with Gasteiger partial charge in [-0.1, -0.05) is 29.8 Å². The van der Waals surface area contributed by atoms with Crippen LogP contribution in [0, 0.1) is 0 Å². The number of hydrogen-bond acceptors (Lipinski definition) is 4. The molecule has 0 atom stereocenters. The van der Waals surface area contributed by atoms with Gasteiger partial charge in [-0.25, -0.2) is 4.98 Å². The standard InChI is InChI=1S/C20H21ClN2O3/c21-17-12-15(13-22-19(17)26-16-7-10-25-11-8-16)20(24)23-9-3-5-14-4-1-2-6-18(14)23/h1-2,4,6,12-13,16H,3,5,7-11H2. The molecule has 0 aliphatic carbocycles. The summed E-state index contributed by atoms with van der Waals surface area (Å²) in [5, 5.41) is 0.368. The van der Waals surface area contributed by atoms with Gasteiger partial charge in [-0.2, -0.15) is 0 Å². The summed E-state index contributed by atoms with van der Waals surface area (Å²) in [5.41, 5.74) is 2.65. The second-order valence-electron chi connectivity index (χ2n) is 6.63. The van der Waals surface area contributed by atoms with Crippen molar-refractivity contribution in [1.29, 1.82) is 0 Å². The Morgan fingerprint density at radius 1 is 1.27 bits per heavy atom. The van der Waals surface area contributed by atoms with Crippen molar-refractivity contribution in [2.45, 2.75) is 31.8 Å². The van der Waals surface area contributed by atoms with Gasteiger partial charge in [-0.05, 0) is 30.5 Å². The number of aromatic nitrogens is 1. The molecule has 1 fully saturated rings. The molecule has 0 unspecified atom stereocenters. The van der Waals surface area contributed by atoms with Crippen LogP contribution < -0.4 is 9.64 Å². The van der Waals surface area contributed by atoms with Crippen LogP contribution in [0.1, 0.15) is 35.2 Å². The number of amides is 1. The Kier molecular flexibility index (Phi) is 5.09. The number of ether oxygens (including phenoxy) is 2. The summed E-state index contributed by atoms with van der Waals surface area (Å²) in [6, 6.07) is 9.69. The number of halogens is 1. The molecule has 136 valence electrons. The van der Waals surface area contributed by atoms with Gasteiger partial charge in [-0.3, -0.25) is 4.79 Å². The molecule has 5 nitrogen and oxygen atoms in total. The van der Waals surface area contributed by atoms with Crippen molar-refractivity contribution in [2.24, 2.45) is 0 Å². The summed E-state index contributed by atoms with van der Waals surface area (Å²) in [6.45, 7) is 2.08. The van der Waals surface area contributed by atoms with Crippen molar-refractivity contribution in [3.05, 3.63) is 52.7 Å². The maximum atomic E-state index is 13.0. The minimum atomic E-state index is -0.0795. The van der Waals surface area contributed by atoms with Crippen molar-refractivity contribution in [3.8, 4) is 5.88 Å². The summed E-state index contributed by atoms with van der Waals surface area (Å²) in [4.78, 5) is 19.1. The zero-order valence-corrected chi connectivity index (χ0v) is 15.2. The van der Waals surface area contributed by atoms with Crippen LogP contribution in [0.15, 0.2) is 36.5 Å². The molecule has 0 N–H and O–H groups in total. The van der Waals surface area contributed by atoms with Crippen LogP contribution in [-0.2, 0) is 11.2 Å². The molecule has 2 aliphatic heterocycles. The van der Waals surface area contributed by atoms with E-state index in [2.05, 4.69) is 11.1 Å². The number of anilines is 1. The van der Waals surface area contributed by atoms with Crippen LogP contribution in [0.4, 0.5) is 5.69 Å². The minimum absolute atomic E-state index is 0.0595. The molecule has 2 aromatic rings. The first-order chi connectivity index (χ1) is 12.7. The fourth-order valence-electron chi connectivity index (χ4n) is 3.48. The average Bonchev–Trinajstić information content (AvgIpc) is 2.69. The second kappa shape index (κ2) is 7.64. The number of carbonyl (C=O) groups excluding carboxylic acids is 1. The highest BCUT2D eigenvalue weighted by atomic mass is 35.5. The smallest absolute Gasteiger partial charge is 0.259 e. The summed E-state index contributed by atoms with van der Waals surface area (Å²) >= 11 is 6.34. The minimum Gasteiger partial charge on any atom is -0.473 e. The third-order valence-corrected chi connectivity index (χ3v) is 5.13. The van der Waals surface area contributed by atoms with Gasteiger partial charge in [0.2, 0.25) is 5.88 Å². The fraction of sp³-hybridized carbons (Fsp3) is 0.400. The van der Waals surface area contributed by atoms with E-state index in [-0.39, 0.29) is 12.0 Å². The van der Waals surface area contributed by atoms with E-state index in [1.807, 2.05) is 23.1 Å². The highest BCUT2D eigenvalue weighted by Gasteiger charge is 2.25. The van der Waals surface area contributed by atoms with Gasteiger partial charge in [0, 0.05) is 31.3 Å². The summed E-state index contributed by atoms with van der Waals surface area (Å²) < 4.78 is 11.2. The van der Waals surface area contributed by atoms with E-state index in [1.54, 1.807) is 12.3 Å². The highest BCUT2D eigenvalue weighted by molar-refractivity contribution is 6.32. The normalized spacial score (nSPS) is 17.7. The molecular formula is C20H21ClN2O3. The van der Waals surface area contributed by atoms with Gasteiger partial charge in [-0.15, -0.1) is 0 Å². The van der Waals surface area contributed by atoms with E-state index >= 15 is 0 Å². The predicted molar refractivity (Wildman–Crippen MR) is 100 cm³/mol. The van der Waals surface area contributed by atoms with Crippen LogP contribution >= 0.6 is 11.6 Å². The SMILES string of the molecule is O=C(c1cnc(OC2CCOCC2)c(Cl)c1)N1CCCc2ccccc21. The summed E-state index contributed by atoms with van der Waals surface area (Å²) in [5.74, 6) is 0.304. The van der Waals surface area contributed by atoms with Crippen LogP contribution in [0.2, 0.25) is 5.02 Å². The van der Waals surface area contributed by atoms with E-state index in [1.165, 1.54) is 5.56 Å². The molecule has 0 radical (unpaired) electrons. The zero-order valence-electron chi connectivity index (χ0n) is 14.5. The molecule has 1 saturated heterocycles. The van der Waals surface area contributed by atoms with Gasteiger partial charge in [0.15, 0.2) is 0 Å². The molecule has 0 spiro atoms. The zero-order chi connectivity index (χ0) is 17.9. The predicted octanol–water partition coefficient (Wildman–Crippen LogP) is 3.89. The number of hydrogen-bond donors (Lipinski definition) is 0. The average molecular weight is 373 g/mol. The van der Waals surface area contributed by atoms with Crippen molar-refractivity contribution in [2.75, 3.05) is 24.7 Å². The Bertz CT molecular complexity index is 805. The first-order valence-electron chi connectivity index (χ1n) is 9.02. The first kappa shape index (κ1) is 17.3. The Balaban J connectivity index is 1.53. The number of para-hydroxylation sites is 1. The lowest BCUT2D eigenvalue weighted by Gasteiger charge is -2.29. The molecule has 4 rings (SSSR count). The van der Waals surface area contributed by atoms with Gasteiger partial charge < -0.3 is 14.4 Å². The number of rotatable bonds is 3. The highest BCUT2D eigenvalue weighted by Crippen LogP contribution is 2.30. The van der Waals surface area contributed by atoms with Crippen molar-refractivity contribution in [1.82, 2.24) is 4.98 Å². The molecule has 1 amide bonds. The van der Waals surface area contributed by atoms with Gasteiger partial charge in [0.1, 0.15) is 11.1 Å². The maximum absolute atomic E-state index is 13.0. The number of pyridine rings is 1. The molecule has 2 aliphatic rings. The molecule has 1 aromatic carbocycles. The first-order valence-corrected chi connectivity index (χ1v) is 9.40. The lowest BCUT2D eigenvalue weighted by molar-refractivity contribution is 0.0238. The fourth-order valence-corrected chi connectivity index (χ4v) is 3.69. The van der Waals surface area contributed by atoms with Crippen LogP contribution in [0.5, 0.6) is 5.88 Å². The Morgan fingerprint density at radius 3 is 2.88 bits per heavy atom. The van der Waals surface area contributed by atoms with Crippen molar-refractivity contribution >= 4 is 23.2 Å². The van der Waals surface area contributed by atoms with Gasteiger partial charge in [0.05, 0.1) is 18.8 Å². The lowest BCUT2D eigenvalue weighted by atomic mass is 10.0. The Morgan fingerprint density at radius 2 is 2.08 bits per heavy atom. The molecule has 6 heteroatoms. The molecule has 0 bridgehead atoms. The van der Waals surface area contributed by atoms with Crippen molar-refractivity contribution in [3.63, 3.8) is 0 Å². The van der Waals surface area contributed by atoms with Crippen LogP contribution in [0.3, 0.4) is 0 Å². The van der Waals surface area contributed by atoms with Gasteiger partial charge >= 0.3 is 0 Å². The number of aryl methyl sites for hydroxylation is 1. The summed E-state index contributed by atoms with van der Waals surface area (Å²) in [7, 11) is 0.